The Labute approximate surface area is 89.0 Å². The van der Waals surface area contributed by atoms with Gasteiger partial charge in [-0.2, -0.15) is 0 Å². The summed E-state index contributed by atoms with van der Waals surface area (Å²) in [5.74, 6) is 0.399. The lowest BCUT2D eigenvalue weighted by molar-refractivity contribution is -0.385. The Morgan fingerprint density at radius 2 is 2.20 bits per heavy atom. The quantitative estimate of drug-likeness (QED) is 0.553. The average molecular weight is 209 g/mol. The van der Waals surface area contributed by atoms with Crippen molar-refractivity contribution in [1.29, 1.82) is 0 Å². The van der Waals surface area contributed by atoms with E-state index in [1.165, 1.54) is 13.2 Å². The van der Waals surface area contributed by atoms with Crippen LogP contribution < -0.4 is 4.74 Å². The largest absolute Gasteiger partial charge is 0.490 e. The van der Waals surface area contributed by atoms with Crippen molar-refractivity contribution in [3.05, 3.63) is 33.9 Å². The Hall–Kier alpha value is -1.58. The number of ether oxygens (including phenoxy) is 1. The summed E-state index contributed by atoms with van der Waals surface area (Å²) in [5, 5.41) is 10.7. The van der Waals surface area contributed by atoms with Crippen molar-refractivity contribution < 1.29 is 9.66 Å². The van der Waals surface area contributed by atoms with Crippen molar-refractivity contribution in [2.75, 3.05) is 7.11 Å². The molecule has 0 saturated carbocycles. The summed E-state index contributed by atoms with van der Waals surface area (Å²) >= 11 is 0. The van der Waals surface area contributed by atoms with Crippen molar-refractivity contribution in [3.8, 4) is 5.75 Å². The first-order valence-corrected chi connectivity index (χ1v) is 5.01. The number of unbranched alkanes of at least 4 members (excludes halogenated alkanes) is 1. The number of nitrogens with zero attached hydrogens (tertiary/aromatic N) is 1. The van der Waals surface area contributed by atoms with Crippen LogP contribution in [0.1, 0.15) is 25.3 Å². The first-order valence-electron chi connectivity index (χ1n) is 5.01. The van der Waals surface area contributed by atoms with Gasteiger partial charge in [0.2, 0.25) is 0 Å². The van der Waals surface area contributed by atoms with Crippen LogP contribution in [0, 0.1) is 10.1 Å². The van der Waals surface area contributed by atoms with Gasteiger partial charge in [-0.3, -0.25) is 10.1 Å². The summed E-state index contributed by atoms with van der Waals surface area (Å²) in [6, 6.07) is 5.04. The van der Waals surface area contributed by atoms with E-state index in [1.54, 1.807) is 6.07 Å². The van der Waals surface area contributed by atoms with Gasteiger partial charge in [0.1, 0.15) is 0 Å². The molecule has 0 aliphatic carbocycles. The van der Waals surface area contributed by atoms with E-state index in [0.717, 1.165) is 24.8 Å². The molecule has 15 heavy (non-hydrogen) atoms. The van der Waals surface area contributed by atoms with Crippen molar-refractivity contribution in [1.82, 2.24) is 0 Å². The van der Waals surface area contributed by atoms with Crippen molar-refractivity contribution in [2.45, 2.75) is 26.2 Å². The summed E-state index contributed by atoms with van der Waals surface area (Å²) in [4.78, 5) is 10.3. The molecular formula is C11H15NO3. The Bertz CT molecular complexity index is 350. The van der Waals surface area contributed by atoms with Gasteiger partial charge in [0, 0.05) is 11.6 Å². The van der Waals surface area contributed by atoms with Gasteiger partial charge >= 0.3 is 5.69 Å². The van der Waals surface area contributed by atoms with Gasteiger partial charge in [-0.25, -0.2) is 0 Å². The lowest BCUT2D eigenvalue weighted by Gasteiger charge is -2.07. The maximum absolute atomic E-state index is 10.7. The molecule has 0 aromatic heterocycles. The van der Waals surface area contributed by atoms with Crippen LogP contribution in [0.4, 0.5) is 5.69 Å². The number of para-hydroxylation sites is 1. The highest BCUT2D eigenvalue weighted by Gasteiger charge is 2.17. The van der Waals surface area contributed by atoms with Gasteiger partial charge < -0.3 is 4.74 Å². The lowest BCUT2D eigenvalue weighted by Crippen LogP contribution is -1.98. The number of benzene rings is 1. The standard InChI is InChI=1S/C11H15NO3/c1-3-4-6-9-7-5-8-10(12(13)14)11(9)15-2/h5,7-8H,3-4,6H2,1-2H3. The molecule has 0 bridgehead atoms. The van der Waals surface area contributed by atoms with E-state index in [1.807, 2.05) is 6.07 Å². The zero-order chi connectivity index (χ0) is 11.3. The minimum atomic E-state index is -0.408. The number of nitro benzene ring substituents is 1. The topological polar surface area (TPSA) is 52.4 Å². The van der Waals surface area contributed by atoms with E-state index >= 15 is 0 Å². The molecule has 0 radical (unpaired) electrons. The van der Waals surface area contributed by atoms with Crippen molar-refractivity contribution in [2.24, 2.45) is 0 Å². The second kappa shape index (κ2) is 5.34. The van der Waals surface area contributed by atoms with E-state index in [9.17, 15) is 10.1 Å². The molecule has 0 aliphatic heterocycles. The molecule has 0 spiro atoms. The summed E-state index contributed by atoms with van der Waals surface area (Å²) in [5.41, 5.74) is 0.958. The smallest absolute Gasteiger partial charge is 0.311 e. The molecule has 0 atom stereocenters. The molecule has 0 heterocycles. The van der Waals surface area contributed by atoms with Crippen LogP contribution in [0.2, 0.25) is 0 Å². The number of methoxy groups -OCH3 is 1. The minimum absolute atomic E-state index is 0.0473. The molecule has 82 valence electrons. The lowest BCUT2D eigenvalue weighted by atomic mass is 10.1. The monoisotopic (exact) mass is 209 g/mol. The molecule has 1 aromatic rings. The molecule has 1 rings (SSSR count). The first-order chi connectivity index (χ1) is 7.20. The highest BCUT2D eigenvalue weighted by Crippen LogP contribution is 2.31. The van der Waals surface area contributed by atoms with Gasteiger partial charge in [0.15, 0.2) is 5.75 Å². The summed E-state index contributed by atoms with van der Waals surface area (Å²) in [6.45, 7) is 2.09. The molecule has 1 aromatic carbocycles. The van der Waals surface area contributed by atoms with Crippen molar-refractivity contribution >= 4 is 5.69 Å². The van der Waals surface area contributed by atoms with Gasteiger partial charge in [-0.1, -0.05) is 25.5 Å². The van der Waals surface area contributed by atoms with E-state index in [0.29, 0.717) is 5.75 Å². The highest BCUT2D eigenvalue weighted by atomic mass is 16.6. The molecule has 0 fully saturated rings. The van der Waals surface area contributed by atoms with Crippen LogP contribution in [-0.4, -0.2) is 12.0 Å². The maximum atomic E-state index is 10.7. The summed E-state index contributed by atoms with van der Waals surface area (Å²) in [7, 11) is 1.47. The normalized spacial score (nSPS) is 10.0. The molecule has 4 heteroatoms. The zero-order valence-corrected chi connectivity index (χ0v) is 9.03. The number of hydrogen-bond acceptors (Lipinski definition) is 3. The fourth-order valence-corrected chi connectivity index (χ4v) is 1.51. The fraction of sp³-hybridized carbons (Fsp3) is 0.455. The van der Waals surface area contributed by atoms with Gasteiger partial charge in [0.05, 0.1) is 12.0 Å². The Balaban J connectivity index is 3.04. The van der Waals surface area contributed by atoms with Gasteiger partial charge in [-0.05, 0) is 12.8 Å². The second-order valence-electron chi connectivity index (χ2n) is 3.33. The summed E-state index contributed by atoms with van der Waals surface area (Å²) in [6.07, 6.45) is 2.89. The van der Waals surface area contributed by atoms with Gasteiger partial charge in [0.25, 0.3) is 0 Å². The molecule has 0 N–H and O–H groups in total. The predicted molar refractivity (Wildman–Crippen MR) is 58.3 cm³/mol. The van der Waals surface area contributed by atoms with E-state index in [4.69, 9.17) is 4.74 Å². The number of hydrogen-bond donors (Lipinski definition) is 0. The molecule has 0 amide bonds. The third-order valence-corrected chi connectivity index (χ3v) is 2.28. The Kier molecular flexibility index (Phi) is 4.09. The molecular weight excluding hydrogens is 194 g/mol. The first kappa shape index (κ1) is 11.5. The Morgan fingerprint density at radius 3 is 2.73 bits per heavy atom. The molecule has 0 unspecified atom stereocenters. The zero-order valence-electron chi connectivity index (χ0n) is 9.03. The highest BCUT2D eigenvalue weighted by molar-refractivity contribution is 5.51. The predicted octanol–water partition coefficient (Wildman–Crippen LogP) is 2.95. The van der Waals surface area contributed by atoms with Crippen LogP contribution in [-0.2, 0) is 6.42 Å². The van der Waals surface area contributed by atoms with Crippen LogP contribution in [0.15, 0.2) is 18.2 Å². The fourth-order valence-electron chi connectivity index (χ4n) is 1.51. The number of nitro groups is 1. The van der Waals surface area contributed by atoms with Gasteiger partial charge in [-0.15, -0.1) is 0 Å². The van der Waals surface area contributed by atoms with Crippen molar-refractivity contribution in [3.63, 3.8) is 0 Å². The SMILES string of the molecule is CCCCc1cccc([N+](=O)[O-])c1OC. The maximum Gasteiger partial charge on any atom is 0.311 e. The molecule has 0 aliphatic rings. The third-order valence-electron chi connectivity index (χ3n) is 2.28. The van der Waals surface area contributed by atoms with E-state index in [2.05, 4.69) is 6.92 Å². The van der Waals surface area contributed by atoms with Crippen LogP contribution >= 0.6 is 0 Å². The third kappa shape index (κ3) is 2.68. The molecule has 0 saturated heterocycles. The van der Waals surface area contributed by atoms with E-state index in [-0.39, 0.29) is 5.69 Å². The number of rotatable bonds is 5. The number of aryl methyl sites for hydroxylation is 1. The summed E-state index contributed by atoms with van der Waals surface area (Å²) < 4.78 is 5.09. The second-order valence-corrected chi connectivity index (χ2v) is 3.33. The molecule has 4 nitrogen and oxygen atoms in total. The van der Waals surface area contributed by atoms with Crippen LogP contribution in [0.25, 0.3) is 0 Å². The van der Waals surface area contributed by atoms with Crippen LogP contribution in [0.3, 0.4) is 0 Å². The van der Waals surface area contributed by atoms with E-state index < -0.39 is 4.92 Å². The minimum Gasteiger partial charge on any atom is -0.490 e. The van der Waals surface area contributed by atoms with Crippen LogP contribution in [0.5, 0.6) is 5.75 Å². The Morgan fingerprint density at radius 1 is 1.47 bits per heavy atom. The average Bonchev–Trinajstić information content (AvgIpc) is 2.25.